The van der Waals surface area contributed by atoms with Crippen LogP contribution in [0.2, 0.25) is 0 Å². The normalized spacial score (nSPS) is 19.9. The van der Waals surface area contributed by atoms with E-state index in [0.717, 1.165) is 6.54 Å². The molecule has 0 spiro atoms. The highest BCUT2D eigenvalue weighted by atomic mass is 19.1. The summed E-state index contributed by atoms with van der Waals surface area (Å²) in [5.74, 6) is -0.396. The lowest BCUT2D eigenvalue weighted by atomic mass is 9.87. The van der Waals surface area contributed by atoms with E-state index in [0.29, 0.717) is 13.2 Å². The number of benzene rings is 1. The van der Waals surface area contributed by atoms with E-state index in [1.165, 1.54) is 6.07 Å². The molecule has 0 radical (unpaired) electrons. The van der Waals surface area contributed by atoms with Crippen molar-refractivity contribution in [2.24, 2.45) is 5.41 Å². The second kappa shape index (κ2) is 7.75. The third-order valence-electron chi connectivity index (χ3n) is 3.82. The van der Waals surface area contributed by atoms with Gasteiger partial charge in [0.1, 0.15) is 12.7 Å². The smallest absolute Gasteiger partial charge is 0.250 e. The van der Waals surface area contributed by atoms with Crippen molar-refractivity contribution in [3.05, 3.63) is 30.1 Å². The van der Waals surface area contributed by atoms with Gasteiger partial charge < -0.3 is 20.1 Å². The van der Waals surface area contributed by atoms with Crippen LogP contribution in [0.5, 0.6) is 5.75 Å². The number of ether oxygens (including phenoxy) is 2. The van der Waals surface area contributed by atoms with E-state index in [2.05, 4.69) is 10.6 Å². The fourth-order valence-electron chi connectivity index (χ4n) is 2.24. The molecule has 1 aliphatic rings. The van der Waals surface area contributed by atoms with E-state index in [1.807, 2.05) is 20.8 Å². The van der Waals surface area contributed by atoms with Crippen molar-refractivity contribution in [3.8, 4) is 5.75 Å². The molecule has 2 rings (SSSR count). The Labute approximate surface area is 136 Å². The van der Waals surface area contributed by atoms with Gasteiger partial charge in [-0.2, -0.15) is 0 Å². The maximum atomic E-state index is 13.6. The minimum Gasteiger partial charge on any atom is -0.488 e. The molecule has 128 valence electrons. The zero-order valence-corrected chi connectivity index (χ0v) is 13.9. The third kappa shape index (κ3) is 5.18. The lowest BCUT2D eigenvalue weighted by Crippen LogP contribution is -2.54. The molecule has 1 aromatic carbocycles. The van der Waals surface area contributed by atoms with Gasteiger partial charge >= 0.3 is 0 Å². The average molecular weight is 324 g/mol. The van der Waals surface area contributed by atoms with E-state index >= 15 is 0 Å². The fourth-order valence-corrected chi connectivity index (χ4v) is 2.24. The second-order valence-electron chi connectivity index (χ2n) is 6.73. The number of morpholine rings is 1. The Hall–Kier alpha value is -1.66. The van der Waals surface area contributed by atoms with E-state index in [1.54, 1.807) is 18.2 Å². The van der Waals surface area contributed by atoms with Crippen molar-refractivity contribution in [2.45, 2.75) is 32.9 Å². The molecule has 0 bridgehead atoms. The topological polar surface area (TPSA) is 59.6 Å². The average Bonchev–Trinajstić information content (AvgIpc) is 2.52. The molecule has 1 saturated heterocycles. The zero-order valence-electron chi connectivity index (χ0n) is 13.9. The molecule has 23 heavy (non-hydrogen) atoms. The Morgan fingerprint density at radius 3 is 2.83 bits per heavy atom. The van der Waals surface area contributed by atoms with Crippen molar-refractivity contribution >= 4 is 5.91 Å². The number of amides is 1. The zero-order chi connectivity index (χ0) is 16.9. The number of hydrogen-bond donors (Lipinski definition) is 2. The van der Waals surface area contributed by atoms with Gasteiger partial charge in [-0.15, -0.1) is 0 Å². The van der Waals surface area contributed by atoms with E-state index in [9.17, 15) is 9.18 Å². The van der Waals surface area contributed by atoms with Crippen molar-refractivity contribution in [1.29, 1.82) is 0 Å². The predicted octanol–water partition coefficient (Wildman–Crippen LogP) is 1.72. The molecule has 0 saturated carbocycles. The van der Waals surface area contributed by atoms with Crippen molar-refractivity contribution in [3.63, 3.8) is 0 Å². The van der Waals surface area contributed by atoms with Gasteiger partial charge in [0, 0.05) is 13.1 Å². The molecular weight excluding hydrogens is 299 g/mol. The third-order valence-corrected chi connectivity index (χ3v) is 3.82. The molecule has 2 unspecified atom stereocenters. The van der Waals surface area contributed by atoms with Gasteiger partial charge in [-0.1, -0.05) is 32.9 Å². The summed E-state index contributed by atoms with van der Waals surface area (Å²) in [4.78, 5) is 12.3. The van der Waals surface area contributed by atoms with Crippen LogP contribution in [0, 0.1) is 11.2 Å². The maximum Gasteiger partial charge on any atom is 0.250 e. The largest absolute Gasteiger partial charge is 0.488 e. The molecule has 1 heterocycles. The monoisotopic (exact) mass is 324 g/mol. The SMILES string of the molecule is CC(C)(C)C(COc1ccccc1F)NC(=O)C1CNCCO1. The summed E-state index contributed by atoms with van der Waals surface area (Å²) in [5.41, 5.74) is -0.233. The van der Waals surface area contributed by atoms with Crippen LogP contribution in [0.3, 0.4) is 0 Å². The molecule has 1 aromatic rings. The van der Waals surface area contributed by atoms with E-state index in [4.69, 9.17) is 9.47 Å². The van der Waals surface area contributed by atoms with Gasteiger partial charge in [0.05, 0.1) is 12.6 Å². The molecule has 6 heteroatoms. The number of carbonyl (C=O) groups excluding carboxylic acids is 1. The van der Waals surface area contributed by atoms with Crippen LogP contribution in [-0.2, 0) is 9.53 Å². The lowest BCUT2D eigenvalue weighted by molar-refractivity contribution is -0.136. The minimum absolute atomic E-state index is 0.172. The summed E-state index contributed by atoms with van der Waals surface area (Å²) < 4.78 is 24.7. The number of hydrogen-bond acceptors (Lipinski definition) is 4. The van der Waals surface area contributed by atoms with Crippen molar-refractivity contribution in [2.75, 3.05) is 26.3 Å². The fraction of sp³-hybridized carbons (Fsp3) is 0.588. The van der Waals surface area contributed by atoms with Crippen LogP contribution >= 0.6 is 0 Å². The van der Waals surface area contributed by atoms with Crippen LogP contribution in [0.15, 0.2) is 24.3 Å². The summed E-state index contributed by atoms with van der Waals surface area (Å²) in [6, 6.07) is 5.98. The molecular formula is C17H25FN2O3. The van der Waals surface area contributed by atoms with Gasteiger partial charge in [-0.05, 0) is 17.5 Å². The number of para-hydroxylation sites is 1. The van der Waals surface area contributed by atoms with Gasteiger partial charge in [0.2, 0.25) is 0 Å². The predicted molar refractivity (Wildman–Crippen MR) is 85.9 cm³/mol. The molecule has 1 aliphatic heterocycles. The number of rotatable bonds is 5. The van der Waals surface area contributed by atoms with Crippen LogP contribution in [-0.4, -0.2) is 44.4 Å². The van der Waals surface area contributed by atoms with Crippen LogP contribution in [0.1, 0.15) is 20.8 Å². The second-order valence-corrected chi connectivity index (χ2v) is 6.73. The Morgan fingerprint density at radius 2 is 2.22 bits per heavy atom. The van der Waals surface area contributed by atoms with Crippen molar-refractivity contribution < 1.29 is 18.7 Å². The first-order valence-electron chi connectivity index (χ1n) is 7.88. The van der Waals surface area contributed by atoms with Crippen LogP contribution in [0.4, 0.5) is 4.39 Å². The number of carbonyl (C=O) groups is 1. The quantitative estimate of drug-likeness (QED) is 0.866. The highest BCUT2D eigenvalue weighted by Crippen LogP contribution is 2.22. The first kappa shape index (κ1) is 17.7. The standard InChI is InChI=1S/C17H25FN2O3/c1-17(2,3)15(11-23-13-7-5-4-6-12(13)18)20-16(21)14-10-19-8-9-22-14/h4-7,14-15,19H,8-11H2,1-3H3,(H,20,21). The van der Waals surface area contributed by atoms with E-state index in [-0.39, 0.29) is 29.7 Å². The van der Waals surface area contributed by atoms with Gasteiger partial charge in [0.15, 0.2) is 11.6 Å². The Bertz CT molecular complexity index is 525. The molecule has 1 fully saturated rings. The molecule has 0 aliphatic carbocycles. The highest BCUT2D eigenvalue weighted by molar-refractivity contribution is 5.81. The van der Waals surface area contributed by atoms with Crippen LogP contribution < -0.4 is 15.4 Å². The summed E-state index contributed by atoms with van der Waals surface area (Å²) in [5, 5.41) is 6.09. The summed E-state index contributed by atoms with van der Waals surface area (Å²) >= 11 is 0. The first-order valence-corrected chi connectivity index (χ1v) is 7.88. The number of nitrogens with one attached hydrogen (secondary N) is 2. The highest BCUT2D eigenvalue weighted by Gasteiger charge is 2.31. The Balaban J connectivity index is 1.97. The maximum absolute atomic E-state index is 13.6. The van der Waals surface area contributed by atoms with Crippen LogP contribution in [0.25, 0.3) is 0 Å². The molecule has 5 nitrogen and oxygen atoms in total. The van der Waals surface area contributed by atoms with E-state index < -0.39 is 11.9 Å². The van der Waals surface area contributed by atoms with Gasteiger partial charge in [-0.25, -0.2) is 4.39 Å². The van der Waals surface area contributed by atoms with Gasteiger partial charge in [-0.3, -0.25) is 4.79 Å². The minimum atomic E-state index is -0.498. The number of halogens is 1. The summed E-state index contributed by atoms with van der Waals surface area (Å²) in [6.07, 6.45) is -0.498. The summed E-state index contributed by atoms with van der Waals surface area (Å²) in [6.45, 7) is 7.97. The summed E-state index contributed by atoms with van der Waals surface area (Å²) in [7, 11) is 0. The molecule has 2 atom stereocenters. The van der Waals surface area contributed by atoms with Crippen molar-refractivity contribution in [1.82, 2.24) is 10.6 Å². The molecule has 1 amide bonds. The first-order chi connectivity index (χ1) is 10.9. The van der Waals surface area contributed by atoms with Gasteiger partial charge in [0.25, 0.3) is 5.91 Å². The Kier molecular flexibility index (Phi) is 5.96. The molecule has 0 aromatic heterocycles. The lowest BCUT2D eigenvalue weighted by Gasteiger charge is -2.33. The molecule has 2 N–H and O–H groups in total. The Morgan fingerprint density at radius 1 is 1.48 bits per heavy atom.